The van der Waals surface area contributed by atoms with Gasteiger partial charge in [0.15, 0.2) is 11.6 Å². The number of nitrogens with two attached hydrogens (primary N) is 1. The van der Waals surface area contributed by atoms with E-state index in [1.54, 1.807) is 6.92 Å². The lowest BCUT2D eigenvalue weighted by Crippen LogP contribution is -2.55. The first-order valence-electron chi connectivity index (χ1n) is 14.4. The SMILES string of the molecule is C[C@H](N)C(=O)N[C@@H](Cc1ccc(F)c(F)c1)C(=O)N1C[C@@H](c2ccccc2)C[C@H]1CN1CCC(c2ccccc2)C1. The molecule has 0 saturated carbocycles. The Morgan fingerprint density at radius 1 is 0.927 bits per heavy atom. The predicted octanol–water partition coefficient (Wildman–Crippen LogP) is 4.21. The quantitative estimate of drug-likeness (QED) is 0.411. The fraction of sp³-hybridized carbons (Fsp3) is 0.394. The maximum atomic E-state index is 14.2. The van der Waals surface area contributed by atoms with E-state index in [0.717, 1.165) is 44.6 Å². The highest BCUT2D eigenvalue weighted by atomic mass is 19.2. The summed E-state index contributed by atoms with van der Waals surface area (Å²) in [7, 11) is 0. The van der Waals surface area contributed by atoms with Crippen LogP contribution in [-0.4, -0.2) is 65.9 Å². The zero-order valence-corrected chi connectivity index (χ0v) is 23.4. The van der Waals surface area contributed by atoms with Crippen LogP contribution in [0.3, 0.4) is 0 Å². The fourth-order valence-corrected chi connectivity index (χ4v) is 6.23. The van der Waals surface area contributed by atoms with Crippen molar-refractivity contribution in [3.63, 3.8) is 0 Å². The van der Waals surface area contributed by atoms with E-state index in [2.05, 4.69) is 46.6 Å². The molecule has 41 heavy (non-hydrogen) atoms. The Labute approximate surface area is 240 Å². The van der Waals surface area contributed by atoms with E-state index in [0.29, 0.717) is 18.0 Å². The summed E-state index contributed by atoms with van der Waals surface area (Å²) >= 11 is 0. The maximum Gasteiger partial charge on any atom is 0.245 e. The third-order valence-electron chi connectivity index (χ3n) is 8.43. The van der Waals surface area contributed by atoms with Crippen LogP contribution < -0.4 is 11.1 Å². The van der Waals surface area contributed by atoms with E-state index in [1.165, 1.54) is 17.2 Å². The second-order valence-electron chi connectivity index (χ2n) is 11.4. The number of carbonyl (C=O) groups is 2. The molecule has 2 amide bonds. The van der Waals surface area contributed by atoms with Gasteiger partial charge in [0.25, 0.3) is 0 Å². The van der Waals surface area contributed by atoms with Crippen LogP contribution in [0.15, 0.2) is 78.9 Å². The summed E-state index contributed by atoms with van der Waals surface area (Å²) in [6.07, 6.45) is 1.91. The Hall–Kier alpha value is -3.62. The highest BCUT2D eigenvalue weighted by Crippen LogP contribution is 2.35. The Morgan fingerprint density at radius 3 is 2.22 bits per heavy atom. The summed E-state index contributed by atoms with van der Waals surface area (Å²) in [4.78, 5) is 31.2. The van der Waals surface area contributed by atoms with Gasteiger partial charge in [-0.3, -0.25) is 9.59 Å². The number of halogens is 2. The molecule has 0 spiro atoms. The number of hydrogen-bond acceptors (Lipinski definition) is 4. The van der Waals surface area contributed by atoms with Crippen molar-refractivity contribution in [1.82, 2.24) is 15.1 Å². The molecule has 2 aliphatic rings. The van der Waals surface area contributed by atoms with Gasteiger partial charge in [0, 0.05) is 38.0 Å². The molecule has 2 fully saturated rings. The molecule has 1 unspecified atom stereocenters. The maximum absolute atomic E-state index is 14.2. The normalized spacial score (nSPS) is 22.4. The van der Waals surface area contributed by atoms with Gasteiger partial charge in [-0.15, -0.1) is 0 Å². The molecule has 3 N–H and O–H groups in total. The zero-order chi connectivity index (χ0) is 28.9. The number of amides is 2. The van der Waals surface area contributed by atoms with E-state index in [4.69, 9.17) is 5.73 Å². The van der Waals surface area contributed by atoms with E-state index in [9.17, 15) is 18.4 Å². The van der Waals surface area contributed by atoms with Gasteiger partial charge < -0.3 is 20.9 Å². The molecule has 6 nitrogen and oxygen atoms in total. The summed E-state index contributed by atoms with van der Waals surface area (Å²) in [6.45, 7) is 4.68. The topological polar surface area (TPSA) is 78.7 Å². The number of nitrogens with one attached hydrogen (secondary N) is 1. The molecule has 3 aromatic carbocycles. The lowest BCUT2D eigenvalue weighted by Gasteiger charge is -2.32. The third kappa shape index (κ3) is 7.00. The molecular weight excluding hydrogens is 522 g/mol. The van der Waals surface area contributed by atoms with Gasteiger partial charge in [-0.05, 0) is 61.1 Å². The average Bonchev–Trinajstić information content (AvgIpc) is 3.63. The number of hydrogen-bond donors (Lipinski definition) is 2. The summed E-state index contributed by atoms with van der Waals surface area (Å²) in [6, 6.07) is 22.4. The van der Waals surface area contributed by atoms with E-state index in [-0.39, 0.29) is 24.3 Å². The number of rotatable bonds is 9. The first-order chi connectivity index (χ1) is 19.8. The van der Waals surface area contributed by atoms with E-state index < -0.39 is 29.6 Å². The third-order valence-corrected chi connectivity index (χ3v) is 8.43. The predicted molar refractivity (Wildman–Crippen MR) is 155 cm³/mol. The van der Waals surface area contributed by atoms with Crippen LogP contribution in [0.25, 0.3) is 0 Å². The largest absolute Gasteiger partial charge is 0.343 e. The number of carbonyl (C=O) groups excluding carboxylic acids is 2. The first-order valence-corrected chi connectivity index (χ1v) is 14.4. The minimum absolute atomic E-state index is 0.0352. The van der Waals surface area contributed by atoms with Crippen LogP contribution in [0.5, 0.6) is 0 Å². The van der Waals surface area contributed by atoms with Gasteiger partial charge in [-0.25, -0.2) is 8.78 Å². The zero-order valence-electron chi connectivity index (χ0n) is 23.4. The van der Waals surface area contributed by atoms with Crippen molar-refractivity contribution in [3.05, 3.63) is 107 Å². The standard InChI is InChI=1S/C33H38F2N4O2/c1-22(36)32(40)37-31(17-23-12-13-29(34)30(35)16-23)33(41)39-20-27(25-10-6-3-7-11-25)18-28(39)21-38-15-14-26(19-38)24-8-4-2-5-9-24/h2-13,16,22,26-28,31H,14-15,17-21,36H2,1H3,(H,37,40)/t22-,26?,27-,28-,31-/m0/s1. The number of nitrogens with zero attached hydrogens (tertiary/aromatic N) is 2. The second-order valence-corrected chi connectivity index (χ2v) is 11.4. The Bertz CT molecular complexity index is 1340. The molecule has 5 atom stereocenters. The van der Waals surface area contributed by atoms with Crippen LogP contribution in [0.4, 0.5) is 8.78 Å². The number of likely N-dealkylation sites (tertiary alicyclic amines) is 2. The molecule has 5 rings (SSSR count). The average molecular weight is 561 g/mol. The van der Waals surface area contributed by atoms with Crippen molar-refractivity contribution in [1.29, 1.82) is 0 Å². The lowest BCUT2D eigenvalue weighted by molar-refractivity contribution is -0.137. The molecule has 0 bridgehead atoms. The summed E-state index contributed by atoms with van der Waals surface area (Å²) < 4.78 is 27.6. The van der Waals surface area contributed by atoms with Crippen molar-refractivity contribution in [3.8, 4) is 0 Å². The Balaban J connectivity index is 1.37. The van der Waals surface area contributed by atoms with Crippen molar-refractivity contribution >= 4 is 11.8 Å². The van der Waals surface area contributed by atoms with Gasteiger partial charge in [0.2, 0.25) is 11.8 Å². The van der Waals surface area contributed by atoms with Crippen molar-refractivity contribution < 1.29 is 18.4 Å². The van der Waals surface area contributed by atoms with Crippen molar-refractivity contribution in [2.45, 2.75) is 56.1 Å². The fourth-order valence-electron chi connectivity index (χ4n) is 6.23. The van der Waals surface area contributed by atoms with E-state index in [1.807, 2.05) is 29.2 Å². The van der Waals surface area contributed by atoms with Gasteiger partial charge in [-0.1, -0.05) is 66.7 Å². The smallest absolute Gasteiger partial charge is 0.245 e. The highest BCUT2D eigenvalue weighted by molar-refractivity contribution is 5.90. The van der Waals surface area contributed by atoms with Gasteiger partial charge in [0.05, 0.1) is 6.04 Å². The Kier molecular flexibility index (Phi) is 9.10. The van der Waals surface area contributed by atoms with Crippen LogP contribution in [0.2, 0.25) is 0 Å². The molecule has 0 aliphatic carbocycles. The molecule has 3 aromatic rings. The molecule has 2 aliphatic heterocycles. The molecule has 0 radical (unpaired) electrons. The van der Waals surface area contributed by atoms with Gasteiger partial charge in [0.1, 0.15) is 6.04 Å². The van der Waals surface area contributed by atoms with Crippen LogP contribution in [0, 0.1) is 11.6 Å². The molecule has 216 valence electrons. The second kappa shape index (κ2) is 12.9. The highest BCUT2D eigenvalue weighted by Gasteiger charge is 2.40. The van der Waals surface area contributed by atoms with Gasteiger partial charge in [-0.2, -0.15) is 0 Å². The summed E-state index contributed by atoms with van der Waals surface area (Å²) in [5.74, 6) is -2.03. The molecule has 2 saturated heterocycles. The lowest BCUT2D eigenvalue weighted by atomic mass is 9.96. The van der Waals surface area contributed by atoms with Crippen LogP contribution >= 0.6 is 0 Å². The Morgan fingerprint density at radius 2 is 1.59 bits per heavy atom. The molecule has 8 heteroatoms. The minimum Gasteiger partial charge on any atom is -0.343 e. The first kappa shape index (κ1) is 28.9. The molecule has 0 aromatic heterocycles. The van der Waals surface area contributed by atoms with E-state index >= 15 is 0 Å². The monoisotopic (exact) mass is 560 g/mol. The molecule has 2 heterocycles. The van der Waals surface area contributed by atoms with Crippen molar-refractivity contribution in [2.75, 3.05) is 26.2 Å². The molecular formula is C33H38F2N4O2. The summed E-state index contributed by atoms with van der Waals surface area (Å²) in [5, 5.41) is 2.79. The van der Waals surface area contributed by atoms with Gasteiger partial charge >= 0.3 is 0 Å². The van der Waals surface area contributed by atoms with Crippen molar-refractivity contribution in [2.24, 2.45) is 5.73 Å². The summed E-state index contributed by atoms with van der Waals surface area (Å²) in [5.41, 5.74) is 8.75. The van der Waals surface area contributed by atoms with Crippen LogP contribution in [-0.2, 0) is 16.0 Å². The number of benzene rings is 3. The minimum atomic E-state index is -0.989. The van der Waals surface area contributed by atoms with Crippen LogP contribution in [0.1, 0.15) is 48.3 Å².